The van der Waals surface area contributed by atoms with Gasteiger partial charge in [0.25, 0.3) is 11.3 Å². The number of nitrogens with one attached hydrogen (secondary N) is 2. The Morgan fingerprint density at radius 1 is 1.21 bits per heavy atom. The molecule has 3 rings (SSSR count). The number of benzene rings is 1. The average Bonchev–Trinajstić information content (AvgIpc) is 2.77. The van der Waals surface area contributed by atoms with Crippen LogP contribution in [-0.4, -0.2) is 22.0 Å². The SMILES string of the molecule is O=C(Cn1c(Cl)cnc(NCC(F)(F)c2cccc[n+]2[O-])c1=O)NCc1cc(Cl)ccc1Cl. The van der Waals surface area contributed by atoms with Gasteiger partial charge in [0.05, 0.1) is 12.7 Å². The standard InChI is InChI=1S/C20H16Cl3F2N5O3/c21-13-4-5-14(22)12(7-13)8-26-17(31)10-29-16(23)9-27-18(19(29)32)28-11-20(24,25)15-3-1-2-6-30(15)33/h1-7,9H,8,10-11H2,(H,26,31)(H,27,28). The van der Waals surface area contributed by atoms with E-state index >= 15 is 0 Å². The van der Waals surface area contributed by atoms with E-state index < -0.39 is 42.0 Å². The molecular weight excluding hydrogens is 503 g/mol. The summed E-state index contributed by atoms with van der Waals surface area (Å²) in [6.07, 6.45) is 1.98. The molecule has 13 heteroatoms. The van der Waals surface area contributed by atoms with Gasteiger partial charge < -0.3 is 15.8 Å². The summed E-state index contributed by atoms with van der Waals surface area (Å²) in [7, 11) is 0. The molecule has 8 nitrogen and oxygen atoms in total. The van der Waals surface area contributed by atoms with Crippen molar-refractivity contribution in [3.8, 4) is 0 Å². The van der Waals surface area contributed by atoms with Crippen LogP contribution in [0.3, 0.4) is 0 Å². The number of hydrogen-bond donors (Lipinski definition) is 2. The van der Waals surface area contributed by atoms with Crippen LogP contribution >= 0.6 is 34.8 Å². The van der Waals surface area contributed by atoms with Crippen molar-refractivity contribution in [3.63, 3.8) is 0 Å². The Morgan fingerprint density at radius 2 is 1.97 bits per heavy atom. The van der Waals surface area contributed by atoms with Gasteiger partial charge in [0, 0.05) is 28.7 Å². The van der Waals surface area contributed by atoms with Gasteiger partial charge in [-0.15, -0.1) is 0 Å². The Bertz CT molecular complexity index is 1240. The van der Waals surface area contributed by atoms with Crippen LogP contribution in [0.1, 0.15) is 11.3 Å². The van der Waals surface area contributed by atoms with E-state index in [9.17, 15) is 23.6 Å². The average molecular weight is 519 g/mol. The second-order valence-electron chi connectivity index (χ2n) is 6.80. The Kier molecular flexibility index (Phi) is 7.72. The lowest BCUT2D eigenvalue weighted by molar-refractivity contribution is -0.624. The van der Waals surface area contributed by atoms with Crippen LogP contribution in [0.2, 0.25) is 15.2 Å². The number of carbonyl (C=O) groups is 1. The first-order valence-corrected chi connectivity index (χ1v) is 10.5. The molecule has 0 fully saturated rings. The molecule has 0 aliphatic carbocycles. The Labute approximate surface area is 201 Å². The molecule has 1 amide bonds. The van der Waals surface area contributed by atoms with Gasteiger partial charge in [-0.2, -0.15) is 13.5 Å². The van der Waals surface area contributed by atoms with Gasteiger partial charge in [0.1, 0.15) is 11.7 Å². The zero-order valence-corrected chi connectivity index (χ0v) is 19.0. The number of anilines is 1. The number of rotatable bonds is 8. The van der Waals surface area contributed by atoms with Gasteiger partial charge in [0.15, 0.2) is 12.0 Å². The number of amides is 1. The van der Waals surface area contributed by atoms with E-state index in [1.54, 1.807) is 18.2 Å². The fourth-order valence-corrected chi connectivity index (χ4v) is 3.37. The van der Waals surface area contributed by atoms with Crippen molar-refractivity contribution in [2.24, 2.45) is 0 Å². The van der Waals surface area contributed by atoms with Gasteiger partial charge in [-0.3, -0.25) is 14.2 Å². The molecule has 174 valence electrons. The van der Waals surface area contributed by atoms with Crippen molar-refractivity contribution in [1.82, 2.24) is 14.9 Å². The smallest absolute Gasteiger partial charge is 0.347 e. The van der Waals surface area contributed by atoms with Crippen molar-refractivity contribution in [1.29, 1.82) is 0 Å². The lowest BCUT2D eigenvalue weighted by Gasteiger charge is -2.17. The number of carbonyl (C=O) groups excluding carboxylic acids is 1. The molecule has 0 atom stereocenters. The molecule has 0 aliphatic heterocycles. The predicted octanol–water partition coefficient (Wildman–Crippen LogP) is 3.36. The van der Waals surface area contributed by atoms with Crippen molar-refractivity contribution in [3.05, 3.63) is 90.8 Å². The van der Waals surface area contributed by atoms with Crippen molar-refractivity contribution in [2.75, 3.05) is 11.9 Å². The van der Waals surface area contributed by atoms with Gasteiger partial charge in [-0.1, -0.05) is 34.8 Å². The molecule has 0 bridgehead atoms. The predicted molar refractivity (Wildman–Crippen MR) is 120 cm³/mol. The van der Waals surface area contributed by atoms with Crippen molar-refractivity contribution >= 4 is 46.5 Å². The maximum Gasteiger partial charge on any atom is 0.347 e. The van der Waals surface area contributed by atoms with E-state index in [-0.39, 0.29) is 16.4 Å². The number of halogens is 5. The molecule has 1 aromatic carbocycles. The Morgan fingerprint density at radius 3 is 2.70 bits per heavy atom. The minimum atomic E-state index is -3.60. The Hall–Kier alpha value is -2.95. The number of pyridine rings is 1. The fourth-order valence-electron chi connectivity index (χ4n) is 2.81. The van der Waals surface area contributed by atoms with E-state index in [1.807, 2.05) is 0 Å². The lowest BCUT2D eigenvalue weighted by Crippen LogP contribution is -2.41. The molecule has 0 spiro atoms. The van der Waals surface area contributed by atoms with Crippen LogP contribution in [-0.2, 0) is 23.8 Å². The summed E-state index contributed by atoms with van der Waals surface area (Å²) in [5.41, 5.74) is -1.13. The van der Waals surface area contributed by atoms with Crippen LogP contribution in [0.4, 0.5) is 14.6 Å². The Balaban J connectivity index is 1.70. The number of hydrogen-bond acceptors (Lipinski definition) is 5. The molecule has 2 N–H and O–H groups in total. The summed E-state index contributed by atoms with van der Waals surface area (Å²) in [5, 5.41) is 17.1. The van der Waals surface area contributed by atoms with Crippen LogP contribution in [0.5, 0.6) is 0 Å². The second-order valence-corrected chi connectivity index (χ2v) is 8.03. The molecule has 33 heavy (non-hydrogen) atoms. The molecule has 0 saturated heterocycles. The zero-order chi connectivity index (χ0) is 24.2. The van der Waals surface area contributed by atoms with Crippen molar-refractivity contribution < 1.29 is 18.3 Å². The van der Waals surface area contributed by atoms with Crippen LogP contribution in [0, 0.1) is 5.21 Å². The van der Waals surface area contributed by atoms with E-state index in [4.69, 9.17) is 34.8 Å². The van der Waals surface area contributed by atoms with Crippen molar-refractivity contribution in [2.45, 2.75) is 19.0 Å². The minimum absolute atomic E-state index is 0.0335. The normalized spacial score (nSPS) is 11.3. The van der Waals surface area contributed by atoms with Gasteiger partial charge in [-0.05, 0) is 29.8 Å². The quantitative estimate of drug-likeness (QED) is 0.352. The first kappa shape index (κ1) is 24.7. The summed E-state index contributed by atoms with van der Waals surface area (Å²) in [6.45, 7) is -1.54. The van der Waals surface area contributed by atoms with Gasteiger partial charge >= 0.3 is 5.92 Å². The van der Waals surface area contributed by atoms with Gasteiger partial charge in [0.2, 0.25) is 5.91 Å². The van der Waals surface area contributed by atoms with Crippen LogP contribution in [0.15, 0.2) is 53.6 Å². The summed E-state index contributed by atoms with van der Waals surface area (Å²) in [5.74, 6) is -4.65. The monoisotopic (exact) mass is 517 g/mol. The zero-order valence-electron chi connectivity index (χ0n) is 16.7. The first-order valence-electron chi connectivity index (χ1n) is 9.35. The van der Waals surface area contributed by atoms with E-state index in [2.05, 4.69) is 15.6 Å². The summed E-state index contributed by atoms with van der Waals surface area (Å²) >= 11 is 17.9. The number of alkyl halides is 2. The minimum Gasteiger partial charge on any atom is -0.618 e. The van der Waals surface area contributed by atoms with Gasteiger partial charge in [-0.25, -0.2) is 4.98 Å². The molecule has 0 aliphatic rings. The second kappa shape index (κ2) is 10.3. The fraction of sp³-hybridized carbons (Fsp3) is 0.200. The first-order chi connectivity index (χ1) is 15.6. The summed E-state index contributed by atoms with van der Waals surface area (Å²) in [6, 6.07) is 8.32. The summed E-state index contributed by atoms with van der Waals surface area (Å²) in [4.78, 5) is 28.7. The largest absolute Gasteiger partial charge is 0.618 e. The maximum absolute atomic E-state index is 14.4. The molecule has 0 unspecified atom stereocenters. The van der Waals surface area contributed by atoms with E-state index in [0.717, 1.165) is 23.0 Å². The number of nitrogens with zero attached hydrogens (tertiary/aromatic N) is 3. The van der Waals surface area contributed by atoms with Crippen LogP contribution < -0.4 is 20.9 Å². The molecular formula is C20H16Cl3F2N5O3. The topological polar surface area (TPSA) is 103 Å². The third kappa shape index (κ3) is 6.10. The highest BCUT2D eigenvalue weighted by Crippen LogP contribution is 2.25. The molecule has 2 aromatic heterocycles. The van der Waals surface area contributed by atoms with E-state index in [0.29, 0.717) is 15.6 Å². The molecule has 3 aromatic rings. The third-order valence-corrected chi connectivity index (χ3v) is 5.37. The lowest BCUT2D eigenvalue weighted by atomic mass is 10.2. The molecule has 0 saturated carbocycles. The molecule has 0 radical (unpaired) electrons. The highest BCUT2D eigenvalue weighted by molar-refractivity contribution is 6.33. The number of aromatic nitrogens is 3. The third-order valence-electron chi connectivity index (χ3n) is 4.47. The van der Waals surface area contributed by atoms with Crippen LogP contribution in [0.25, 0.3) is 0 Å². The van der Waals surface area contributed by atoms with E-state index in [1.165, 1.54) is 12.1 Å². The molecule has 2 heterocycles. The summed E-state index contributed by atoms with van der Waals surface area (Å²) < 4.78 is 29.7. The highest BCUT2D eigenvalue weighted by atomic mass is 35.5. The maximum atomic E-state index is 14.4. The highest BCUT2D eigenvalue weighted by Gasteiger charge is 2.39.